The minimum atomic E-state index is -0.907. The number of hydrogen-bond donors (Lipinski definition) is 1. The average molecular weight is 668 g/mol. The molecule has 1 aromatic heterocycles. The third-order valence-corrected chi connectivity index (χ3v) is 9.19. The lowest BCUT2D eigenvalue weighted by atomic mass is 9.95. The number of ketones is 1. The Kier molecular flexibility index (Phi) is 8.14. The van der Waals surface area contributed by atoms with Crippen molar-refractivity contribution >= 4 is 96.4 Å². The third-order valence-electron chi connectivity index (χ3n) is 5.72. The van der Waals surface area contributed by atoms with Crippen LogP contribution in [0.5, 0.6) is 0 Å². The molecule has 1 unspecified atom stereocenters. The second-order valence-corrected chi connectivity index (χ2v) is 12.5. The number of aliphatic hydroxyl groups is 1. The molecular weight excluding hydrogens is 653 g/mol. The Morgan fingerprint density at radius 2 is 1.66 bits per heavy atom. The molecule has 1 saturated heterocycles. The molecule has 0 spiro atoms. The first-order valence-electron chi connectivity index (χ1n) is 11.0. The number of thioether (sulfide) groups is 1. The van der Waals surface area contributed by atoms with Crippen LogP contribution >= 0.6 is 73.8 Å². The third kappa shape index (κ3) is 5.50. The van der Waals surface area contributed by atoms with Crippen molar-refractivity contribution in [1.29, 1.82) is 0 Å². The molecule has 192 valence electrons. The van der Waals surface area contributed by atoms with Gasteiger partial charge in [-0.1, -0.05) is 92.0 Å². The van der Waals surface area contributed by atoms with E-state index in [0.29, 0.717) is 36.3 Å². The Hall–Kier alpha value is -2.40. The zero-order valence-electron chi connectivity index (χ0n) is 19.1. The Morgan fingerprint density at radius 3 is 2.34 bits per heavy atom. The maximum atomic E-state index is 13.3. The van der Waals surface area contributed by atoms with Gasteiger partial charge < -0.3 is 5.11 Å². The molecule has 0 saturated carbocycles. The fourth-order valence-electron chi connectivity index (χ4n) is 3.89. The highest BCUT2D eigenvalue weighted by Crippen LogP contribution is 2.44. The number of anilines is 1. The summed E-state index contributed by atoms with van der Waals surface area (Å²) in [5.74, 6) is -1.41. The summed E-state index contributed by atoms with van der Waals surface area (Å²) in [6.07, 6.45) is 0. The molecule has 3 aromatic carbocycles. The standard InChI is InChI=1S/C26H15BrCl3N3O3S2/c27-16-6-1-13(2-7-16)21-20(22(34)14-3-8-17(28)9-4-14)23(35)24(36)33(21)25-31-32-26(38-25)37-12-15-5-10-18(29)11-19(15)30/h1-11,21,34H,12H2/b22-20-. The van der Waals surface area contributed by atoms with Gasteiger partial charge in [0.25, 0.3) is 5.78 Å². The maximum absolute atomic E-state index is 13.3. The summed E-state index contributed by atoms with van der Waals surface area (Å²) in [4.78, 5) is 27.9. The highest BCUT2D eigenvalue weighted by Gasteiger charge is 2.48. The molecule has 6 nitrogen and oxygen atoms in total. The Bertz CT molecular complexity index is 1580. The van der Waals surface area contributed by atoms with Gasteiger partial charge in [-0.25, -0.2) is 0 Å². The molecule has 0 bridgehead atoms. The van der Waals surface area contributed by atoms with Crippen LogP contribution in [0.3, 0.4) is 0 Å². The lowest BCUT2D eigenvalue weighted by Crippen LogP contribution is -2.29. The van der Waals surface area contributed by atoms with E-state index in [2.05, 4.69) is 26.1 Å². The topological polar surface area (TPSA) is 83.4 Å². The fourth-order valence-corrected chi connectivity index (χ4v) is 6.71. The molecular formula is C26H15BrCl3N3O3S2. The van der Waals surface area contributed by atoms with Gasteiger partial charge in [0.1, 0.15) is 5.76 Å². The van der Waals surface area contributed by atoms with Crippen molar-refractivity contribution in [3.63, 3.8) is 0 Å². The number of amides is 1. The molecule has 4 aromatic rings. The molecule has 5 rings (SSSR count). The molecule has 2 heterocycles. The summed E-state index contributed by atoms with van der Waals surface area (Å²) in [7, 11) is 0. The van der Waals surface area contributed by atoms with E-state index < -0.39 is 17.7 Å². The minimum absolute atomic E-state index is 0.0444. The van der Waals surface area contributed by atoms with Gasteiger partial charge in [0.15, 0.2) is 4.34 Å². The van der Waals surface area contributed by atoms with E-state index in [4.69, 9.17) is 34.8 Å². The quantitative estimate of drug-likeness (QED) is 0.0735. The van der Waals surface area contributed by atoms with Crippen molar-refractivity contribution in [3.8, 4) is 0 Å². The zero-order valence-corrected chi connectivity index (χ0v) is 24.6. The van der Waals surface area contributed by atoms with E-state index in [1.807, 2.05) is 6.07 Å². The lowest BCUT2D eigenvalue weighted by molar-refractivity contribution is -0.132. The first-order valence-corrected chi connectivity index (χ1v) is 14.7. The molecule has 1 amide bonds. The highest BCUT2D eigenvalue weighted by atomic mass is 79.9. The summed E-state index contributed by atoms with van der Waals surface area (Å²) in [6.45, 7) is 0. The summed E-state index contributed by atoms with van der Waals surface area (Å²) in [6, 6.07) is 17.9. The van der Waals surface area contributed by atoms with E-state index >= 15 is 0 Å². The Labute approximate surface area is 249 Å². The van der Waals surface area contributed by atoms with Gasteiger partial charge in [-0.2, -0.15) is 0 Å². The van der Waals surface area contributed by atoms with Crippen LogP contribution in [0.25, 0.3) is 5.76 Å². The number of carbonyl (C=O) groups is 2. The number of hydrogen-bond acceptors (Lipinski definition) is 7. The smallest absolute Gasteiger partial charge is 0.301 e. The second-order valence-electron chi connectivity index (χ2n) is 8.10. The van der Waals surface area contributed by atoms with Crippen LogP contribution < -0.4 is 4.90 Å². The molecule has 1 aliphatic heterocycles. The number of aromatic nitrogens is 2. The van der Waals surface area contributed by atoms with Gasteiger partial charge in [0.2, 0.25) is 5.13 Å². The van der Waals surface area contributed by atoms with E-state index in [1.165, 1.54) is 28.0 Å². The number of nitrogens with zero attached hydrogens (tertiary/aromatic N) is 3. The fraction of sp³-hybridized carbons (Fsp3) is 0.0769. The van der Waals surface area contributed by atoms with Crippen molar-refractivity contribution in [2.75, 3.05) is 4.90 Å². The molecule has 0 radical (unpaired) electrons. The molecule has 1 fully saturated rings. The van der Waals surface area contributed by atoms with E-state index in [9.17, 15) is 14.7 Å². The van der Waals surface area contributed by atoms with E-state index in [-0.39, 0.29) is 16.5 Å². The Morgan fingerprint density at radius 1 is 0.974 bits per heavy atom. The first-order chi connectivity index (χ1) is 18.2. The largest absolute Gasteiger partial charge is 0.507 e. The van der Waals surface area contributed by atoms with Gasteiger partial charge in [-0.3, -0.25) is 14.5 Å². The Balaban J connectivity index is 1.52. The second kappa shape index (κ2) is 11.4. The summed E-state index contributed by atoms with van der Waals surface area (Å²) < 4.78 is 1.41. The van der Waals surface area contributed by atoms with Gasteiger partial charge in [0.05, 0.1) is 11.6 Å². The number of aliphatic hydroxyl groups excluding tert-OH is 1. The van der Waals surface area contributed by atoms with Crippen molar-refractivity contribution in [3.05, 3.63) is 109 Å². The molecule has 12 heteroatoms. The van der Waals surface area contributed by atoms with Crippen molar-refractivity contribution in [2.24, 2.45) is 0 Å². The number of rotatable bonds is 6. The summed E-state index contributed by atoms with van der Waals surface area (Å²) in [5, 5.41) is 21.4. The van der Waals surface area contributed by atoms with Crippen molar-refractivity contribution in [1.82, 2.24) is 10.2 Å². The van der Waals surface area contributed by atoms with Crippen molar-refractivity contribution in [2.45, 2.75) is 16.1 Å². The lowest BCUT2D eigenvalue weighted by Gasteiger charge is -2.22. The normalized spacial score (nSPS) is 16.8. The van der Waals surface area contributed by atoms with Gasteiger partial charge in [-0.05, 0) is 59.7 Å². The predicted molar refractivity (Wildman–Crippen MR) is 156 cm³/mol. The number of benzene rings is 3. The molecule has 1 aliphatic rings. The summed E-state index contributed by atoms with van der Waals surface area (Å²) in [5.41, 5.74) is 1.82. The SMILES string of the molecule is O=C1C(=O)N(c2nnc(SCc3ccc(Cl)cc3Cl)s2)C(c2ccc(Br)cc2)/C1=C(/O)c1ccc(Cl)cc1. The first kappa shape index (κ1) is 27.2. The van der Waals surface area contributed by atoms with E-state index in [1.54, 1.807) is 60.7 Å². The van der Waals surface area contributed by atoms with Crippen LogP contribution in [0.15, 0.2) is 81.1 Å². The summed E-state index contributed by atoms with van der Waals surface area (Å²) >= 11 is 24.2. The maximum Gasteiger partial charge on any atom is 0.301 e. The van der Waals surface area contributed by atoms with Gasteiger partial charge >= 0.3 is 5.91 Å². The molecule has 1 N–H and O–H groups in total. The monoisotopic (exact) mass is 665 g/mol. The number of Topliss-reactive ketones (excluding diaryl/α,β-unsaturated/α-hetero) is 1. The van der Waals surface area contributed by atoms with Crippen molar-refractivity contribution < 1.29 is 14.7 Å². The molecule has 38 heavy (non-hydrogen) atoms. The van der Waals surface area contributed by atoms with Gasteiger partial charge in [0, 0.05) is 30.9 Å². The van der Waals surface area contributed by atoms with Gasteiger partial charge in [-0.15, -0.1) is 10.2 Å². The van der Waals surface area contributed by atoms with E-state index in [0.717, 1.165) is 10.0 Å². The average Bonchev–Trinajstić information content (AvgIpc) is 3.46. The van der Waals surface area contributed by atoms with Crippen LogP contribution in [-0.4, -0.2) is 27.0 Å². The van der Waals surface area contributed by atoms with Crippen LogP contribution in [0, 0.1) is 0 Å². The van der Waals surface area contributed by atoms with Crippen LogP contribution in [-0.2, 0) is 15.3 Å². The predicted octanol–water partition coefficient (Wildman–Crippen LogP) is 8.18. The zero-order chi connectivity index (χ0) is 27.0. The number of halogens is 4. The van der Waals surface area contributed by atoms with Crippen LogP contribution in [0.2, 0.25) is 15.1 Å². The van der Waals surface area contributed by atoms with Crippen LogP contribution in [0.4, 0.5) is 5.13 Å². The minimum Gasteiger partial charge on any atom is -0.507 e. The molecule has 0 aliphatic carbocycles. The van der Waals surface area contributed by atoms with Crippen LogP contribution in [0.1, 0.15) is 22.7 Å². The highest BCUT2D eigenvalue weighted by molar-refractivity contribution is 9.10. The number of carbonyl (C=O) groups excluding carboxylic acids is 2. The molecule has 1 atom stereocenters.